The molecule has 0 atom stereocenters. The Morgan fingerprint density at radius 3 is 2.62 bits per heavy atom. The SMILES string of the molecule is O=C(O)c1cccc(Sc2ncccn2)c1. The van der Waals surface area contributed by atoms with Gasteiger partial charge in [0.2, 0.25) is 0 Å². The molecule has 1 aromatic heterocycles. The van der Waals surface area contributed by atoms with Crippen molar-refractivity contribution in [2.45, 2.75) is 10.1 Å². The summed E-state index contributed by atoms with van der Waals surface area (Å²) in [5.41, 5.74) is 0.265. The minimum absolute atomic E-state index is 0.265. The topological polar surface area (TPSA) is 63.1 Å². The van der Waals surface area contributed by atoms with E-state index in [0.717, 1.165) is 4.90 Å². The molecule has 0 amide bonds. The van der Waals surface area contributed by atoms with E-state index in [9.17, 15) is 4.79 Å². The van der Waals surface area contributed by atoms with Crippen LogP contribution in [0.5, 0.6) is 0 Å². The van der Waals surface area contributed by atoms with E-state index in [4.69, 9.17) is 5.11 Å². The van der Waals surface area contributed by atoms with Crippen LogP contribution in [0.2, 0.25) is 0 Å². The first-order valence-electron chi connectivity index (χ1n) is 4.54. The summed E-state index contributed by atoms with van der Waals surface area (Å²) in [4.78, 5) is 19.7. The third-order valence-corrected chi connectivity index (χ3v) is 2.72. The Bertz CT molecular complexity index is 502. The minimum atomic E-state index is -0.934. The van der Waals surface area contributed by atoms with Crippen molar-refractivity contribution in [1.82, 2.24) is 9.97 Å². The standard InChI is InChI=1S/C11H8N2O2S/c14-10(15)8-3-1-4-9(7-8)16-11-12-5-2-6-13-11/h1-7H,(H,14,15). The first kappa shape index (κ1) is 10.6. The highest BCUT2D eigenvalue weighted by Gasteiger charge is 2.05. The fourth-order valence-corrected chi connectivity index (χ4v) is 1.91. The lowest BCUT2D eigenvalue weighted by atomic mass is 10.2. The number of aromatic carboxylic acids is 1. The van der Waals surface area contributed by atoms with Crippen LogP contribution in [0.25, 0.3) is 0 Å². The molecule has 1 N–H and O–H groups in total. The average Bonchev–Trinajstić information content (AvgIpc) is 2.30. The molecule has 0 bridgehead atoms. The van der Waals surface area contributed by atoms with Gasteiger partial charge in [-0.2, -0.15) is 0 Å². The Morgan fingerprint density at radius 1 is 1.19 bits per heavy atom. The van der Waals surface area contributed by atoms with Gasteiger partial charge in [-0.1, -0.05) is 6.07 Å². The maximum atomic E-state index is 10.8. The lowest BCUT2D eigenvalue weighted by Crippen LogP contribution is -1.95. The van der Waals surface area contributed by atoms with E-state index in [1.165, 1.54) is 11.8 Å². The van der Waals surface area contributed by atoms with Crippen LogP contribution in [0.3, 0.4) is 0 Å². The molecule has 4 nitrogen and oxygen atoms in total. The summed E-state index contributed by atoms with van der Waals surface area (Å²) in [5.74, 6) is -0.934. The third-order valence-electron chi connectivity index (χ3n) is 1.83. The summed E-state index contributed by atoms with van der Waals surface area (Å²) < 4.78 is 0. The van der Waals surface area contributed by atoms with E-state index in [1.807, 2.05) is 6.07 Å². The van der Waals surface area contributed by atoms with Gasteiger partial charge >= 0.3 is 5.97 Å². The molecule has 0 saturated heterocycles. The van der Waals surface area contributed by atoms with Gasteiger partial charge in [0.1, 0.15) is 0 Å². The summed E-state index contributed by atoms with van der Waals surface area (Å²) >= 11 is 1.33. The molecule has 0 fully saturated rings. The number of carboxylic acids is 1. The van der Waals surface area contributed by atoms with Crippen molar-refractivity contribution in [3.05, 3.63) is 48.3 Å². The highest BCUT2D eigenvalue weighted by molar-refractivity contribution is 7.99. The van der Waals surface area contributed by atoms with E-state index in [2.05, 4.69) is 9.97 Å². The third kappa shape index (κ3) is 2.58. The maximum Gasteiger partial charge on any atom is 0.335 e. The molecule has 0 saturated carbocycles. The molecule has 80 valence electrons. The Hall–Kier alpha value is -1.88. The number of hydrogen-bond acceptors (Lipinski definition) is 4. The van der Waals surface area contributed by atoms with Gasteiger partial charge in [-0.05, 0) is 36.0 Å². The van der Waals surface area contributed by atoms with E-state index in [0.29, 0.717) is 5.16 Å². The van der Waals surface area contributed by atoms with Crippen molar-refractivity contribution >= 4 is 17.7 Å². The molecule has 0 aliphatic carbocycles. The van der Waals surface area contributed by atoms with Gasteiger partial charge in [0.25, 0.3) is 0 Å². The maximum absolute atomic E-state index is 10.8. The predicted molar refractivity (Wildman–Crippen MR) is 59.6 cm³/mol. The molecule has 1 heterocycles. The van der Waals surface area contributed by atoms with Crippen LogP contribution in [0.1, 0.15) is 10.4 Å². The second-order valence-corrected chi connectivity index (χ2v) is 4.01. The van der Waals surface area contributed by atoms with Crippen LogP contribution in [0, 0.1) is 0 Å². The van der Waals surface area contributed by atoms with Crippen LogP contribution in [-0.4, -0.2) is 21.0 Å². The number of rotatable bonds is 3. The first-order chi connectivity index (χ1) is 7.75. The summed E-state index contributed by atoms with van der Waals surface area (Å²) in [5, 5.41) is 9.44. The van der Waals surface area contributed by atoms with Gasteiger partial charge in [-0.25, -0.2) is 14.8 Å². The van der Waals surface area contributed by atoms with Crippen LogP contribution in [0.4, 0.5) is 0 Å². The second kappa shape index (κ2) is 4.76. The number of hydrogen-bond donors (Lipinski definition) is 1. The molecule has 5 heteroatoms. The Kier molecular flexibility index (Phi) is 3.16. The molecule has 0 aliphatic heterocycles. The van der Waals surface area contributed by atoms with Crippen molar-refractivity contribution in [2.24, 2.45) is 0 Å². The van der Waals surface area contributed by atoms with Crippen molar-refractivity contribution in [1.29, 1.82) is 0 Å². The van der Waals surface area contributed by atoms with Gasteiger partial charge in [0, 0.05) is 17.3 Å². The summed E-state index contributed by atoms with van der Waals surface area (Å²) in [6, 6.07) is 8.42. The highest BCUT2D eigenvalue weighted by atomic mass is 32.2. The normalized spacial score (nSPS) is 10.0. The predicted octanol–water partition coefficient (Wildman–Crippen LogP) is 2.33. The largest absolute Gasteiger partial charge is 0.478 e. The summed E-state index contributed by atoms with van der Waals surface area (Å²) in [6.45, 7) is 0. The minimum Gasteiger partial charge on any atom is -0.478 e. The molecule has 2 aromatic rings. The molecule has 2 rings (SSSR count). The fourth-order valence-electron chi connectivity index (χ4n) is 1.14. The summed E-state index contributed by atoms with van der Waals surface area (Å²) in [6.07, 6.45) is 3.30. The monoisotopic (exact) mass is 232 g/mol. The average molecular weight is 232 g/mol. The van der Waals surface area contributed by atoms with E-state index in [1.54, 1.807) is 36.7 Å². The molecular weight excluding hydrogens is 224 g/mol. The van der Waals surface area contributed by atoms with Crippen molar-refractivity contribution in [3.8, 4) is 0 Å². The number of carboxylic acid groups (broad SMARTS) is 1. The Labute approximate surface area is 96.4 Å². The van der Waals surface area contributed by atoms with Gasteiger partial charge in [0.15, 0.2) is 5.16 Å². The zero-order chi connectivity index (χ0) is 11.4. The van der Waals surface area contributed by atoms with Crippen LogP contribution >= 0.6 is 11.8 Å². The number of benzene rings is 1. The molecule has 0 unspecified atom stereocenters. The molecule has 0 radical (unpaired) electrons. The summed E-state index contributed by atoms with van der Waals surface area (Å²) in [7, 11) is 0. The zero-order valence-electron chi connectivity index (χ0n) is 8.20. The van der Waals surface area contributed by atoms with E-state index in [-0.39, 0.29) is 5.56 Å². The first-order valence-corrected chi connectivity index (χ1v) is 5.35. The molecule has 16 heavy (non-hydrogen) atoms. The smallest absolute Gasteiger partial charge is 0.335 e. The Morgan fingerprint density at radius 2 is 1.94 bits per heavy atom. The van der Waals surface area contributed by atoms with Crippen molar-refractivity contribution in [3.63, 3.8) is 0 Å². The van der Waals surface area contributed by atoms with Gasteiger partial charge in [-0.15, -0.1) is 0 Å². The molecule has 0 spiro atoms. The van der Waals surface area contributed by atoms with E-state index >= 15 is 0 Å². The molecule has 0 aliphatic rings. The lowest BCUT2D eigenvalue weighted by molar-refractivity contribution is 0.0696. The van der Waals surface area contributed by atoms with Gasteiger partial charge in [0.05, 0.1) is 5.56 Å². The zero-order valence-corrected chi connectivity index (χ0v) is 9.02. The molecular formula is C11H8N2O2S. The van der Waals surface area contributed by atoms with E-state index < -0.39 is 5.97 Å². The lowest BCUT2D eigenvalue weighted by Gasteiger charge is -2.00. The number of carbonyl (C=O) groups is 1. The van der Waals surface area contributed by atoms with Crippen LogP contribution in [-0.2, 0) is 0 Å². The molecule has 1 aromatic carbocycles. The Balaban J connectivity index is 2.22. The number of aromatic nitrogens is 2. The van der Waals surface area contributed by atoms with Crippen LogP contribution in [0.15, 0.2) is 52.8 Å². The van der Waals surface area contributed by atoms with Gasteiger partial charge in [-0.3, -0.25) is 0 Å². The quantitative estimate of drug-likeness (QED) is 0.823. The second-order valence-electron chi connectivity index (χ2n) is 2.97. The van der Waals surface area contributed by atoms with Gasteiger partial charge < -0.3 is 5.11 Å². The van der Waals surface area contributed by atoms with Crippen LogP contribution < -0.4 is 0 Å². The fraction of sp³-hybridized carbons (Fsp3) is 0. The van der Waals surface area contributed by atoms with Crippen molar-refractivity contribution < 1.29 is 9.90 Å². The highest BCUT2D eigenvalue weighted by Crippen LogP contribution is 2.24. The number of nitrogens with zero attached hydrogens (tertiary/aromatic N) is 2. The van der Waals surface area contributed by atoms with Crippen molar-refractivity contribution in [2.75, 3.05) is 0 Å².